The molecule has 3 aromatic carbocycles. The Bertz CT molecular complexity index is 1240. The van der Waals surface area contributed by atoms with Crippen LogP contribution in [0, 0.1) is 6.92 Å². The first-order valence-electron chi connectivity index (χ1n) is 10.8. The van der Waals surface area contributed by atoms with Crippen molar-refractivity contribution in [3.8, 4) is 28.5 Å². The van der Waals surface area contributed by atoms with Gasteiger partial charge in [-0.25, -0.2) is 4.98 Å². The molecular weight excluding hydrogens is 400 g/mol. The lowest BCUT2D eigenvalue weighted by molar-refractivity contribution is 0.0902. The molecule has 1 atom stereocenters. The summed E-state index contributed by atoms with van der Waals surface area (Å²) in [5.41, 5.74) is 5.39. The van der Waals surface area contributed by atoms with Gasteiger partial charge in [-0.05, 0) is 66.6 Å². The summed E-state index contributed by atoms with van der Waals surface area (Å²) in [5, 5.41) is 4.68. The minimum atomic E-state index is -0.0367. The summed E-state index contributed by atoms with van der Waals surface area (Å²) in [6.07, 6.45) is -0.0367. The van der Waals surface area contributed by atoms with Crippen LogP contribution in [0.1, 0.15) is 11.1 Å². The number of nitrogens with one attached hydrogen (secondary N) is 1. The number of benzene rings is 3. The number of hydrogen-bond donors (Lipinski definition) is 1. The van der Waals surface area contributed by atoms with Crippen LogP contribution in [0.5, 0.6) is 17.2 Å². The summed E-state index contributed by atoms with van der Waals surface area (Å²) in [7, 11) is 1.68. The second kappa shape index (κ2) is 8.89. The van der Waals surface area contributed by atoms with Crippen molar-refractivity contribution in [1.82, 2.24) is 10.3 Å². The number of methoxy groups -OCH3 is 1. The van der Waals surface area contributed by atoms with Crippen LogP contribution < -0.4 is 19.5 Å². The second-order valence-electron chi connectivity index (χ2n) is 8.05. The summed E-state index contributed by atoms with van der Waals surface area (Å²) < 4.78 is 17.2. The van der Waals surface area contributed by atoms with Crippen molar-refractivity contribution < 1.29 is 14.2 Å². The van der Waals surface area contributed by atoms with Crippen molar-refractivity contribution in [3.05, 3.63) is 83.9 Å². The predicted octanol–water partition coefficient (Wildman–Crippen LogP) is 5.15. The van der Waals surface area contributed by atoms with Gasteiger partial charge >= 0.3 is 0 Å². The second-order valence-corrected chi connectivity index (χ2v) is 8.05. The highest BCUT2D eigenvalue weighted by Gasteiger charge is 2.20. The van der Waals surface area contributed by atoms with Crippen molar-refractivity contribution in [2.45, 2.75) is 19.6 Å². The molecule has 0 radical (unpaired) electrons. The smallest absolute Gasteiger partial charge is 0.161 e. The lowest BCUT2D eigenvalue weighted by Crippen LogP contribution is -2.38. The van der Waals surface area contributed by atoms with Crippen LogP contribution in [-0.2, 0) is 6.54 Å². The maximum absolute atomic E-state index is 6.08. The minimum absolute atomic E-state index is 0.0367. The SMILES string of the molecule is COc1ccc(-c2nc3cc(C)ccc3cc2CNC[C@H]2COc3ccccc3O2)cc1. The van der Waals surface area contributed by atoms with E-state index in [1.165, 1.54) is 5.56 Å². The molecule has 32 heavy (non-hydrogen) atoms. The summed E-state index contributed by atoms with van der Waals surface area (Å²) in [6, 6.07) is 24.5. The molecule has 5 rings (SSSR count). The standard InChI is InChI=1S/C27H26N2O3/c1-18-7-8-20-14-21(15-28-16-23-17-31-25-5-3-4-6-26(25)32-23)27(29-24(20)13-18)19-9-11-22(30-2)12-10-19/h3-14,23,28H,15-17H2,1-2H3/t23-/m0/s1. The maximum Gasteiger partial charge on any atom is 0.161 e. The molecule has 162 valence electrons. The topological polar surface area (TPSA) is 52.6 Å². The van der Waals surface area contributed by atoms with E-state index < -0.39 is 0 Å². The van der Waals surface area contributed by atoms with Crippen molar-refractivity contribution in [3.63, 3.8) is 0 Å². The average Bonchev–Trinajstić information content (AvgIpc) is 2.83. The molecule has 0 saturated heterocycles. The monoisotopic (exact) mass is 426 g/mol. The summed E-state index contributed by atoms with van der Waals surface area (Å²) >= 11 is 0. The maximum atomic E-state index is 6.08. The van der Waals surface area contributed by atoms with Crippen LogP contribution in [0.25, 0.3) is 22.2 Å². The zero-order valence-corrected chi connectivity index (χ0v) is 18.3. The third kappa shape index (κ3) is 4.25. The molecule has 5 nitrogen and oxygen atoms in total. The van der Waals surface area contributed by atoms with Crippen molar-refractivity contribution in [2.75, 3.05) is 20.3 Å². The first kappa shape index (κ1) is 20.3. The Balaban J connectivity index is 1.37. The highest BCUT2D eigenvalue weighted by molar-refractivity contribution is 5.84. The third-order valence-electron chi connectivity index (χ3n) is 5.67. The van der Waals surface area contributed by atoms with Gasteiger partial charge < -0.3 is 19.5 Å². The van der Waals surface area contributed by atoms with Gasteiger partial charge in [-0.3, -0.25) is 0 Å². The third-order valence-corrected chi connectivity index (χ3v) is 5.67. The number of rotatable bonds is 6. The number of nitrogens with zero attached hydrogens (tertiary/aromatic N) is 1. The van der Waals surface area contributed by atoms with Crippen molar-refractivity contribution in [2.24, 2.45) is 0 Å². The number of fused-ring (bicyclic) bond motifs is 2. The Morgan fingerprint density at radius 1 is 1.00 bits per heavy atom. The van der Waals surface area contributed by atoms with E-state index in [9.17, 15) is 0 Å². The number of aromatic nitrogens is 1. The molecule has 0 amide bonds. The molecule has 0 saturated carbocycles. The summed E-state index contributed by atoms with van der Waals surface area (Å²) in [6.45, 7) is 3.99. The molecule has 0 spiro atoms. The Hall–Kier alpha value is -3.57. The molecule has 0 fully saturated rings. The van der Waals surface area contributed by atoms with Gasteiger partial charge in [0.25, 0.3) is 0 Å². The van der Waals surface area contributed by atoms with Gasteiger partial charge in [-0.15, -0.1) is 0 Å². The van der Waals surface area contributed by atoms with Gasteiger partial charge in [0.2, 0.25) is 0 Å². The quantitative estimate of drug-likeness (QED) is 0.462. The van der Waals surface area contributed by atoms with Crippen molar-refractivity contribution in [1.29, 1.82) is 0 Å². The number of hydrogen-bond acceptors (Lipinski definition) is 5. The highest BCUT2D eigenvalue weighted by atomic mass is 16.6. The Kier molecular flexibility index (Phi) is 5.65. The van der Waals surface area contributed by atoms with Crippen LogP contribution in [0.15, 0.2) is 72.8 Å². The van der Waals surface area contributed by atoms with Crippen LogP contribution >= 0.6 is 0 Å². The molecule has 1 aliphatic heterocycles. The molecule has 5 heteroatoms. The largest absolute Gasteiger partial charge is 0.497 e. The van der Waals surface area contributed by atoms with Gasteiger partial charge in [0, 0.05) is 24.0 Å². The number of pyridine rings is 1. The summed E-state index contributed by atoms with van der Waals surface area (Å²) in [4.78, 5) is 5.02. The average molecular weight is 427 g/mol. The van der Waals surface area contributed by atoms with E-state index in [-0.39, 0.29) is 6.10 Å². The fourth-order valence-corrected chi connectivity index (χ4v) is 3.99. The van der Waals surface area contributed by atoms with Crippen LogP contribution in [0.2, 0.25) is 0 Å². The predicted molar refractivity (Wildman–Crippen MR) is 127 cm³/mol. The molecule has 1 aliphatic rings. The van der Waals surface area contributed by atoms with Crippen molar-refractivity contribution >= 4 is 10.9 Å². The van der Waals surface area contributed by atoms with Crippen LogP contribution in [0.4, 0.5) is 0 Å². The van der Waals surface area contributed by atoms with Crippen LogP contribution in [0.3, 0.4) is 0 Å². The lowest BCUT2D eigenvalue weighted by Gasteiger charge is -2.26. The Labute approximate surface area is 188 Å². The molecule has 1 N–H and O–H groups in total. The zero-order chi connectivity index (χ0) is 21.9. The first-order chi connectivity index (χ1) is 15.7. The molecule has 0 aliphatic carbocycles. The molecule has 0 unspecified atom stereocenters. The van der Waals surface area contributed by atoms with E-state index in [0.717, 1.165) is 45.0 Å². The van der Waals surface area contributed by atoms with Gasteiger partial charge in [0.05, 0.1) is 18.3 Å². The van der Waals surface area contributed by atoms with E-state index in [1.807, 2.05) is 36.4 Å². The highest BCUT2D eigenvalue weighted by Crippen LogP contribution is 2.31. The van der Waals surface area contributed by atoms with E-state index in [0.29, 0.717) is 19.7 Å². The molecular formula is C27H26N2O3. The normalized spacial score (nSPS) is 15.0. The lowest BCUT2D eigenvalue weighted by atomic mass is 10.0. The van der Waals surface area contributed by atoms with Gasteiger partial charge in [0.1, 0.15) is 18.5 Å². The number of aryl methyl sites for hydroxylation is 1. The number of para-hydroxylation sites is 2. The first-order valence-corrected chi connectivity index (χ1v) is 10.8. The Morgan fingerprint density at radius 3 is 2.62 bits per heavy atom. The van der Waals surface area contributed by atoms with E-state index in [4.69, 9.17) is 19.2 Å². The Morgan fingerprint density at radius 2 is 1.81 bits per heavy atom. The fraction of sp³-hybridized carbons (Fsp3) is 0.222. The molecule has 2 heterocycles. The van der Waals surface area contributed by atoms with Gasteiger partial charge in [0.15, 0.2) is 11.5 Å². The molecule has 1 aromatic heterocycles. The van der Waals surface area contributed by atoms with E-state index >= 15 is 0 Å². The van der Waals surface area contributed by atoms with E-state index in [1.54, 1.807) is 7.11 Å². The fourth-order valence-electron chi connectivity index (χ4n) is 3.99. The zero-order valence-electron chi connectivity index (χ0n) is 18.3. The van der Waals surface area contributed by atoms with Crippen LogP contribution in [-0.4, -0.2) is 31.3 Å². The van der Waals surface area contributed by atoms with Gasteiger partial charge in [-0.1, -0.05) is 24.3 Å². The van der Waals surface area contributed by atoms with E-state index in [2.05, 4.69) is 48.6 Å². The summed E-state index contributed by atoms with van der Waals surface area (Å²) in [5.74, 6) is 2.44. The number of ether oxygens (including phenoxy) is 3. The molecule has 4 aromatic rings. The molecule has 0 bridgehead atoms. The minimum Gasteiger partial charge on any atom is -0.497 e. The van der Waals surface area contributed by atoms with Gasteiger partial charge in [-0.2, -0.15) is 0 Å².